The molecule has 0 unspecified atom stereocenters. The molecule has 0 aromatic heterocycles. The van der Waals surface area contributed by atoms with Crippen LogP contribution in [0, 0.1) is 5.82 Å². The lowest BCUT2D eigenvalue weighted by Crippen LogP contribution is -2.25. The maximum atomic E-state index is 13.0. The molecule has 22 heavy (non-hydrogen) atoms. The van der Waals surface area contributed by atoms with E-state index in [1.54, 1.807) is 12.1 Å². The summed E-state index contributed by atoms with van der Waals surface area (Å²) < 4.78 is 35.2. The lowest BCUT2D eigenvalue weighted by Gasteiger charge is -2.06. The third-order valence-electron chi connectivity index (χ3n) is 2.99. The molecule has 0 saturated carbocycles. The van der Waals surface area contributed by atoms with Crippen molar-refractivity contribution in [2.24, 2.45) is 0 Å². The van der Waals surface area contributed by atoms with Crippen LogP contribution in [0.2, 0.25) is 0 Å². The number of hydrogen-bond donors (Lipinski definition) is 1. The third-order valence-corrected chi connectivity index (χ3v) is 4.36. The zero-order valence-corrected chi connectivity index (χ0v) is 13.0. The summed E-state index contributed by atoms with van der Waals surface area (Å²) in [6.07, 6.45) is 0.518. The van der Waals surface area contributed by atoms with Gasteiger partial charge in [0.25, 0.3) is 15.0 Å². The van der Waals surface area contributed by atoms with Crippen LogP contribution in [0.1, 0.15) is 15.9 Å². The second-order valence-corrected chi connectivity index (χ2v) is 7.16. The monoisotopic (exact) mass is 341 g/mol. The van der Waals surface area contributed by atoms with Gasteiger partial charge in [-0.15, -0.1) is 0 Å². The molecule has 0 spiro atoms. The molecule has 7 heteroatoms. The lowest BCUT2D eigenvalue weighted by atomic mass is 10.1. The topological polar surface area (TPSA) is 63.2 Å². The molecule has 0 radical (unpaired) electrons. The van der Waals surface area contributed by atoms with Gasteiger partial charge in [-0.1, -0.05) is 18.2 Å². The Bertz CT molecular complexity index is 776. The van der Waals surface area contributed by atoms with Gasteiger partial charge in [0.15, 0.2) is 0 Å². The average molecular weight is 342 g/mol. The summed E-state index contributed by atoms with van der Waals surface area (Å²) in [5.74, 6) is -0.829. The van der Waals surface area contributed by atoms with Crippen LogP contribution in [-0.4, -0.2) is 20.9 Å². The number of rotatable bonds is 5. The number of carbonyl (C=O) groups is 1. The van der Waals surface area contributed by atoms with Gasteiger partial charge in [-0.2, -0.15) is 0 Å². The van der Waals surface area contributed by atoms with Crippen LogP contribution >= 0.6 is 10.7 Å². The van der Waals surface area contributed by atoms with Crippen molar-refractivity contribution in [2.75, 3.05) is 6.54 Å². The SMILES string of the molecule is O=C(NCCc1ccc(S(=O)(=O)Cl)cc1)c1cccc(F)c1. The summed E-state index contributed by atoms with van der Waals surface area (Å²) in [5.41, 5.74) is 1.10. The molecule has 0 aliphatic heterocycles. The Morgan fingerprint density at radius 3 is 2.41 bits per heavy atom. The molecular weight excluding hydrogens is 329 g/mol. The normalized spacial score (nSPS) is 11.2. The van der Waals surface area contributed by atoms with E-state index in [9.17, 15) is 17.6 Å². The van der Waals surface area contributed by atoms with Gasteiger partial charge in [-0.3, -0.25) is 4.79 Å². The van der Waals surface area contributed by atoms with Gasteiger partial charge in [-0.25, -0.2) is 12.8 Å². The Hall–Kier alpha value is -1.92. The van der Waals surface area contributed by atoms with Crippen LogP contribution < -0.4 is 5.32 Å². The fourth-order valence-electron chi connectivity index (χ4n) is 1.87. The van der Waals surface area contributed by atoms with Crippen LogP contribution in [0.25, 0.3) is 0 Å². The van der Waals surface area contributed by atoms with Crippen LogP contribution in [0.15, 0.2) is 53.4 Å². The molecule has 0 atom stereocenters. The molecule has 0 aliphatic carbocycles. The Morgan fingerprint density at radius 1 is 1.14 bits per heavy atom. The molecule has 2 aromatic rings. The van der Waals surface area contributed by atoms with Crippen molar-refractivity contribution < 1.29 is 17.6 Å². The van der Waals surface area contributed by atoms with Crippen molar-refractivity contribution in [2.45, 2.75) is 11.3 Å². The third kappa shape index (κ3) is 4.54. The second kappa shape index (κ2) is 6.89. The number of carbonyl (C=O) groups excluding carboxylic acids is 1. The standard InChI is InChI=1S/C15H13ClFNO3S/c16-22(20,21)14-6-4-11(5-7-14)8-9-18-15(19)12-2-1-3-13(17)10-12/h1-7,10H,8-9H2,(H,18,19). The molecule has 0 fully saturated rings. The fraction of sp³-hybridized carbons (Fsp3) is 0.133. The molecule has 1 amide bonds. The van der Waals surface area contributed by atoms with Crippen LogP contribution in [-0.2, 0) is 15.5 Å². The largest absolute Gasteiger partial charge is 0.352 e. The van der Waals surface area contributed by atoms with E-state index in [0.717, 1.165) is 11.6 Å². The number of hydrogen-bond acceptors (Lipinski definition) is 3. The highest BCUT2D eigenvalue weighted by atomic mass is 35.7. The summed E-state index contributed by atoms with van der Waals surface area (Å²) in [6.45, 7) is 0.350. The Labute approximate surface area is 132 Å². The van der Waals surface area contributed by atoms with Crippen molar-refractivity contribution in [3.8, 4) is 0 Å². The maximum absolute atomic E-state index is 13.0. The summed E-state index contributed by atoms with van der Waals surface area (Å²) >= 11 is 0. The summed E-state index contributed by atoms with van der Waals surface area (Å²) in [6, 6.07) is 11.5. The van der Waals surface area contributed by atoms with E-state index in [4.69, 9.17) is 10.7 Å². The molecule has 0 heterocycles. The highest BCUT2D eigenvalue weighted by molar-refractivity contribution is 8.13. The first-order valence-electron chi connectivity index (χ1n) is 6.43. The van der Waals surface area contributed by atoms with Gasteiger partial charge in [0.1, 0.15) is 5.82 Å². The number of halogens is 2. The molecule has 0 saturated heterocycles. The Kier molecular flexibility index (Phi) is 5.15. The van der Waals surface area contributed by atoms with Crippen molar-refractivity contribution >= 4 is 25.6 Å². The summed E-state index contributed by atoms with van der Waals surface area (Å²) in [4.78, 5) is 11.8. The maximum Gasteiger partial charge on any atom is 0.261 e. The van der Waals surface area contributed by atoms with E-state index in [-0.39, 0.29) is 16.4 Å². The highest BCUT2D eigenvalue weighted by Crippen LogP contribution is 2.15. The van der Waals surface area contributed by atoms with E-state index in [1.165, 1.54) is 30.3 Å². The molecule has 0 aliphatic rings. The van der Waals surface area contributed by atoms with E-state index in [1.807, 2.05) is 0 Å². The van der Waals surface area contributed by atoms with Gasteiger partial charge in [-0.05, 0) is 42.3 Å². The molecule has 116 valence electrons. The molecule has 0 bridgehead atoms. The molecule has 2 aromatic carbocycles. The minimum Gasteiger partial charge on any atom is -0.352 e. The van der Waals surface area contributed by atoms with Crippen molar-refractivity contribution in [1.29, 1.82) is 0 Å². The highest BCUT2D eigenvalue weighted by Gasteiger charge is 2.09. The van der Waals surface area contributed by atoms with E-state index in [2.05, 4.69) is 5.32 Å². The molecular formula is C15H13ClFNO3S. The first-order valence-corrected chi connectivity index (χ1v) is 8.74. The molecule has 2 rings (SSSR count). The second-order valence-electron chi connectivity index (χ2n) is 4.60. The zero-order chi connectivity index (χ0) is 16.2. The van der Waals surface area contributed by atoms with Gasteiger partial charge in [0.05, 0.1) is 4.90 Å². The van der Waals surface area contributed by atoms with Gasteiger partial charge < -0.3 is 5.32 Å². The predicted octanol–water partition coefficient (Wildman–Crippen LogP) is 2.73. The summed E-state index contributed by atoms with van der Waals surface area (Å²) in [7, 11) is 1.50. The predicted molar refractivity (Wildman–Crippen MR) is 81.9 cm³/mol. The summed E-state index contributed by atoms with van der Waals surface area (Å²) in [5, 5.41) is 2.67. The quantitative estimate of drug-likeness (QED) is 0.850. The van der Waals surface area contributed by atoms with E-state index >= 15 is 0 Å². The van der Waals surface area contributed by atoms with Crippen LogP contribution in [0.5, 0.6) is 0 Å². The lowest BCUT2D eigenvalue weighted by molar-refractivity contribution is 0.0953. The minimum absolute atomic E-state index is 0.0294. The van der Waals surface area contributed by atoms with E-state index in [0.29, 0.717) is 13.0 Å². The van der Waals surface area contributed by atoms with Gasteiger partial charge in [0.2, 0.25) is 0 Å². The first kappa shape index (κ1) is 16.5. The van der Waals surface area contributed by atoms with Gasteiger partial charge in [0, 0.05) is 22.8 Å². The molecule has 1 N–H and O–H groups in total. The number of benzene rings is 2. The van der Waals surface area contributed by atoms with E-state index < -0.39 is 14.9 Å². The van der Waals surface area contributed by atoms with Crippen molar-refractivity contribution in [3.05, 3.63) is 65.5 Å². The molecule has 4 nitrogen and oxygen atoms in total. The first-order chi connectivity index (χ1) is 10.4. The number of nitrogens with one attached hydrogen (secondary N) is 1. The number of amides is 1. The fourth-order valence-corrected chi connectivity index (χ4v) is 2.64. The van der Waals surface area contributed by atoms with Crippen molar-refractivity contribution in [1.82, 2.24) is 5.32 Å². The van der Waals surface area contributed by atoms with Crippen LogP contribution in [0.4, 0.5) is 4.39 Å². The van der Waals surface area contributed by atoms with Gasteiger partial charge >= 0.3 is 0 Å². The smallest absolute Gasteiger partial charge is 0.261 e. The Morgan fingerprint density at radius 2 is 1.82 bits per heavy atom. The van der Waals surface area contributed by atoms with Crippen LogP contribution in [0.3, 0.4) is 0 Å². The Balaban J connectivity index is 1.90. The average Bonchev–Trinajstić information content (AvgIpc) is 2.47. The zero-order valence-electron chi connectivity index (χ0n) is 11.4. The van der Waals surface area contributed by atoms with Crippen molar-refractivity contribution in [3.63, 3.8) is 0 Å². The minimum atomic E-state index is -3.73.